The van der Waals surface area contributed by atoms with Crippen LogP contribution in [0.2, 0.25) is 0 Å². The van der Waals surface area contributed by atoms with Crippen molar-refractivity contribution < 1.29 is 23.1 Å². The second-order valence-corrected chi connectivity index (χ2v) is 9.01. The standard InChI is InChI=1S/C19H28N4O5S/c1-12(2)8-17(23-29(27,28)11-24)19(26)22-16(18(25)20-3)9-13-10-21-15-7-5-4-6-14(13)15/h4-7,10,12,16-17,21,23-24H,8-9,11H2,1-3H3,(H,20,25)(H,22,26). The highest BCUT2D eigenvalue weighted by atomic mass is 32.2. The molecule has 2 aromatic rings. The van der Waals surface area contributed by atoms with Gasteiger partial charge in [-0.25, -0.2) is 13.1 Å². The molecule has 9 nitrogen and oxygen atoms in total. The first-order chi connectivity index (χ1) is 13.7. The number of aromatic amines is 1. The molecule has 2 atom stereocenters. The third kappa shape index (κ3) is 6.28. The third-order valence-corrected chi connectivity index (χ3v) is 5.48. The molecule has 160 valence electrons. The lowest BCUT2D eigenvalue weighted by molar-refractivity contribution is -0.129. The van der Waals surface area contributed by atoms with Crippen LogP contribution in [0, 0.1) is 5.92 Å². The van der Waals surface area contributed by atoms with Crippen molar-refractivity contribution in [3.63, 3.8) is 0 Å². The number of benzene rings is 1. The van der Waals surface area contributed by atoms with Crippen LogP contribution in [0.3, 0.4) is 0 Å². The highest BCUT2D eigenvalue weighted by molar-refractivity contribution is 7.89. The number of likely N-dealkylation sites (N-methyl/N-ethyl adjacent to an activating group) is 1. The maximum absolute atomic E-state index is 12.8. The molecule has 1 heterocycles. The highest BCUT2D eigenvalue weighted by Crippen LogP contribution is 2.19. The van der Waals surface area contributed by atoms with Crippen LogP contribution in [-0.2, 0) is 26.0 Å². The van der Waals surface area contributed by atoms with Gasteiger partial charge in [-0.1, -0.05) is 32.0 Å². The number of H-pyrrole nitrogens is 1. The summed E-state index contributed by atoms with van der Waals surface area (Å²) in [6.07, 6.45) is 2.24. The van der Waals surface area contributed by atoms with Gasteiger partial charge in [0, 0.05) is 30.6 Å². The molecule has 2 unspecified atom stereocenters. The van der Waals surface area contributed by atoms with Crippen LogP contribution in [0.15, 0.2) is 30.5 Å². The van der Waals surface area contributed by atoms with Crippen LogP contribution in [0.1, 0.15) is 25.8 Å². The zero-order chi connectivity index (χ0) is 21.6. The number of aliphatic hydroxyl groups excluding tert-OH is 1. The maximum Gasteiger partial charge on any atom is 0.242 e. The quantitative estimate of drug-likeness (QED) is 0.371. The van der Waals surface area contributed by atoms with Crippen molar-refractivity contribution in [2.24, 2.45) is 5.92 Å². The van der Waals surface area contributed by atoms with Crippen molar-refractivity contribution in [2.75, 3.05) is 13.0 Å². The molecule has 2 rings (SSSR count). The Morgan fingerprint density at radius 2 is 1.83 bits per heavy atom. The number of carbonyl (C=O) groups excluding carboxylic acids is 2. The van der Waals surface area contributed by atoms with Gasteiger partial charge < -0.3 is 20.7 Å². The Hall–Kier alpha value is -2.43. The molecule has 0 radical (unpaired) electrons. The number of hydrogen-bond acceptors (Lipinski definition) is 5. The fourth-order valence-electron chi connectivity index (χ4n) is 3.11. The van der Waals surface area contributed by atoms with Gasteiger partial charge in [0.1, 0.15) is 12.1 Å². The van der Waals surface area contributed by atoms with Gasteiger partial charge in [0.25, 0.3) is 0 Å². The van der Waals surface area contributed by atoms with E-state index in [1.165, 1.54) is 7.05 Å². The Balaban J connectivity index is 2.22. The van der Waals surface area contributed by atoms with E-state index in [1.807, 2.05) is 38.1 Å². The average molecular weight is 425 g/mol. The van der Waals surface area contributed by atoms with Gasteiger partial charge in [-0.2, -0.15) is 0 Å². The average Bonchev–Trinajstić information content (AvgIpc) is 3.08. The predicted octanol–water partition coefficient (Wildman–Crippen LogP) is 0.225. The van der Waals surface area contributed by atoms with Gasteiger partial charge in [-0.05, 0) is 24.0 Å². The summed E-state index contributed by atoms with van der Waals surface area (Å²) >= 11 is 0. The van der Waals surface area contributed by atoms with Crippen LogP contribution < -0.4 is 15.4 Å². The van der Waals surface area contributed by atoms with E-state index >= 15 is 0 Å². The van der Waals surface area contributed by atoms with Crippen LogP contribution in [-0.4, -0.2) is 55.4 Å². The van der Waals surface area contributed by atoms with Crippen molar-refractivity contribution >= 4 is 32.7 Å². The van der Waals surface area contributed by atoms with Crippen molar-refractivity contribution in [3.8, 4) is 0 Å². The fraction of sp³-hybridized carbons (Fsp3) is 0.474. The van der Waals surface area contributed by atoms with E-state index < -0.39 is 39.9 Å². The Bertz CT molecular complexity index is 954. The normalized spacial score (nSPS) is 14.0. The molecule has 0 aliphatic rings. The van der Waals surface area contributed by atoms with Crippen molar-refractivity contribution in [1.82, 2.24) is 20.3 Å². The number of nitrogens with one attached hydrogen (secondary N) is 4. The van der Waals surface area contributed by atoms with Crippen molar-refractivity contribution in [1.29, 1.82) is 0 Å². The molecule has 0 spiro atoms. The minimum atomic E-state index is -4.01. The molecule has 2 amide bonds. The van der Waals surface area contributed by atoms with E-state index in [0.717, 1.165) is 16.5 Å². The Kier molecular flexibility index (Phi) is 7.77. The van der Waals surface area contributed by atoms with Crippen LogP contribution in [0.5, 0.6) is 0 Å². The molecule has 0 fully saturated rings. The van der Waals surface area contributed by atoms with Gasteiger partial charge in [-0.3, -0.25) is 9.59 Å². The minimum absolute atomic E-state index is 0.0132. The first-order valence-corrected chi connectivity index (χ1v) is 11.0. The predicted molar refractivity (Wildman–Crippen MR) is 110 cm³/mol. The summed E-state index contributed by atoms with van der Waals surface area (Å²) in [6.45, 7) is 3.69. The largest absolute Gasteiger partial charge is 0.379 e. The second-order valence-electron chi connectivity index (χ2n) is 7.28. The number of hydrogen-bond donors (Lipinski definition) is 5. The Morgan fingerprint density at radius 1 is 1.14 bits per heavy atom. The first kappa shape index (κ1) is 22.9. The Labute approximate surface area is 170 Å². The molecular weight excluding hydrogens is 396 g/mol. The third-order valence-electron chi connectivity index (χ3n) is 4.49. The summed E-state index contributed by atoms with van der Waals surface area (Å²) in [6, 6.07) is 5.62. The molecule has 1 aromatic heterocycles. The van der Waals surface area contributed by atoms with E-state index in [4.69, 9.17) is 5.11 Å². The maximum atomic E-state index is 12.8. The van der Waals surface area contributed by atoms with Gasteiger partial charge in [0.05, 0.1) is 0 Å². The summed E-state index contributed by atoms with van der Waals surface area (Å²) in [4.78, 5) is 28.3. The molecule has 0 saturated carbocycles. The number of para-hydroxylation sites is 1. The van der Waals surface area contributed by atoms with Gasteiger partial charge >= 0.3 is 0 Å². The molecule has 1 aromatic carbocycles. The van der Waals surface area contributed by atoms with E-state index in [2.05, 4.69) is 20.3 Å². The summed E-state index contributed by atoms with van der Waals surface area (Å²) < 4.78 is 25.7. The smallest absolute Gasteiger partial charge is 0.242 e. The first-order valence-electron chi connectivity index (χ1n) is 9.34. The lowest BCUT2D eigenvalue weighted by Crippen LogP contribution is -2.54. The van der Waals surface area contributed by atoms with Crippen molar-refractivity contribution in [3.05, 3.63) is 36.0 Å². The molecule has 29 heavy (non-hydrogen) atoms. The highest BCUT2D eigenvalue weighted by Gasteiger charge is 2.29. The molecule has 0 aliphatic carbocycles. The topological polar surface area (TPSA) is 140 Å². The molecule has 0 bridgehead atoms. The SMILES string of the molecule is CNC(=O)C(Cc1c[nH]c2ccccc12)NC(=O)C(CC(C)C)NS(=O)(=O)CO. The summed E-state index contributed by atoms with van der Waals surface area (Å²) in [5.41, 5.74) is 1.77. The number of sulfonamides is 1. The van der Waals surface area contributed by atoms with Crippen LogP contribution in [0.25, 0.3) is 10.9 Å². The number of rotatable bonds is 10. The van der Waals surface area contributed by atoms with Crippen LogP contribution in [0.4, 0.5) is 0 Å². The van der Waals surface area contributed by atoms with Crippen LogP contribution >= 0.6 is 0 Å². The molecule has 10 heteroatoms. The van der Waals surface area contributed by atoms with Gasteiger partial charge in [0.2, 0.25) is 21.8 Å². The van der Waals surface area contributed by atoms with Crippen molar-refractivity contribution in [2.45, 2.75) is 38.8 Å². The number of aliphatic hydroxyl groups is 1. The van der Waals surface area contributed by atoms with E-state index in [-0.39, 0.29) is 18.8 Å². The van der Waals surface area contributed by atoms with E-state index in [9.17, 15) is 18.0 Å². The summed E-state index contributed by atoms with van der Waals surface area (Å²) in [5.74, 6) is -2.12. The zero-order valence-electron chi connectivity index (χ0n) is 16.7. The molecular formula is C19H28N4O5S. The monoisotopic (exact) mass is 424 g/mol. The Morgan fingerprint density at radius 3 is 2.45 bits per heavy atom. The lowest BCUT2D eigenvalue weighted by Gasteiger charge is -2.23. The molecule has 0 saturated heterocycles. The number of carbonyl (C=O) groups is 2. The van der Waals surface area contributed by atoms with Gasteiger partial charge in [0.15, 0.2) is 5.94 Å². The number of amides is 2. The summed E-state index contributed by atoms with van der Waals surface area (Å²) in [5, 5.41) is 15.1. The van der Waals surface area contributed by atoms with Gasteiger partial charge in [-0.15, -0.1) is 0 Å². The lowest BCUT2D eigenvalue weighted by atomic mass is 10.0. The fourth-order valence-corrected chi connectivity index (χ4v) is 3.82. The molecule has 5 N–H and O–H groups in total. The zero-order valence-corrected chi connectivity index (χ0v) is 17.5. The number of aromatic nitrogens is 1. The summed E-state index contributed by atoms with van der Waals surface area (Å²) in [7, 11) is -2.54. The van der Waals surface area contributed by atoms with E-state index in [0.29, 0.717) is 0 Å². The minimum Gasteiger partial charge on any atom is -0.379 e. The second kappa shape index (κ2) is 9.86. The molecule has 0 aliphatic heterocycles. The van der Waals surface area contributed by atoms with E-state index in [1.54, 1.807) is 6.20 Å². The number of fused-ring (bicyclic) bond motifs is 1.